The van der Waals surface area contributed by atoms with E-state index in [1.165, 1.54) is 51.5 Å². The molecule has 2 N–H and O–H groups in total. The van der Waals surface area contributed by atoms with Crippen molar-refractivity contribution in [3.05, 3.63) is 0 Å². The second-order valence-electron chi connectivity index (χ2n) is 8.25. The van der Waals surface area contributed by atoms with E-state index < -0.39 is 0 Å². The zero-order chi connectivity index (χ0) is 14.1. The molecule has 0 spiro atoms. The van der Waals surface area contributed by atoms with E-state index in [9.17, 15) is 0 Å². The fourth-order valence-corrected chi connectivity index (χ4v) is 3.88. The van der Waals surface area contributed by atoms with Gasteiger partial charge in [-0.1, -0.05) is 27.2 Å². The van der Waals surface area contributed by atoms with Gasteiger partial charge in [0.2, 0.25) is 0 Å². The van der Waals surface area contributed by atoms with Gasteiger partial charge < -0.3 is 5.73 Å². The van der Waals surface area contributed by atoms with Gasteiger partial charge in [0.1, 0.15) is 0 Å². The molecular weight excluding hydrogens is 232 g/mol. The minimum atomic E-state index is 0.294. The monoisotopic (exact) mass is 266 g/mol. The van der Waals surface area contributed by atoms with Gasteiger partial charge in [0.15, 0.2) is 0 Å². The van der Waals surface area contributed by atoms with E-state index in [1.54, 1.807) is 0 Å². The first kappa shape index (κ1) is 15.3. The van der Waals surface area contributed by atoms with Gasteiger partial charge in [-0.25, -0.2) is 0 Å². The van der Waals surface area contributed by atoms with Gasteiger partial charge in [0.25, 0.3) is 0 Å². The number of nitrogens with zero attached hydrogens (tertiary/aromatic N) is 1. The molecular formula is C17H34N2. The highest BCUT2D eigenvalue weighted by atomic mass is 15.2. The van der Waals surface area contributed by atoms with Crippen LogP contribution < -0.4 is 5.73 Å². The molecule has 2 fully saturated rings. The summed E-state index contributed by atoms with van der Waals surface area (Å²) in [6.45, 7) is 9.33. The van der Waals surface area contributed by atoms with Gasteiger partial charge in [-0.2, -0.15) is 0 Å². The Morgan fingerprint density at radius 1 is 1.11 bits per heavy atom. The van der Waals surface area contributed by atoms with E-state index in [1.807, 2.05) is 0 Å². The van der Waals surface area contributed by atoms with E-state index in [2.05, 4.69) is 32.7 Å². The van der Waals surface area contributed by atoms with Crippen molar-refractivity contribution in [2.45, 2.75) is 71.3 Å². The smallest absolute Gasteiger partial charge is 0.0328 e. The lowest BCUT2D eigenvalue weighted by Gasteiger charge is -2.41. The minimum absolute atomic E-state index is 0.294. The van der Waals surface area contributed by atoms with Gasteiger partial charge in [-0.3, -0.25) is 4.90 Å². The third-order valence-electron chi connectivity index (χ3n) is 5.80. The molecule has 0 aromatic carbocycles. The summed E-state index contributed by atoms with van der Waals surface area (Å²) >= 11 is 0. The Morgan fingerprint density at radius 3 is 2.32 bits per heavy atom. The Kier molecular flexibility index (Phi) is 4.62. The number of hydrogen-bond donors (Lipinski definition) is 1. The molecule has 112 valence electrons. The molecule has 2 heteroatoms. The maximum atomic E-state index is 6.22. The molecule has 0 amide bonds. The van der Waals surface area contributed by atoms with E-state index in [0.717, 1.165) is 18.4 Å². The summed E-state index contributed by atoms with van der Waals surface area (Å²) in [5, 5.41) is 0. The molecule has 19 heavy (non-hydrogen) atoms. The van der Waals surface area contributed by atoms with E-state index in [-0.39, 0.29) is 0 Å². The van der Waals surface area contributed by atoms with Crippen LogP contribution in [0.5, 0.6) is 0 Å². The standard InChI is InChI=1S/C17H34N2/c1-16(2,3)15-6-5-10-17(13-18,11-9-15)19(4)12-14-7-8-14/h14-15H,5-13,18H2,1-4H3. The van der Waals surface area contributed by atoms with Crippen LogP contribution in [0.15, 0.2) is 0 Å². The van der Waals surface area contributed by atoms with Crippen LogP contribution in [0.25, 0.3) is 0 Å². The summed E-state index contributed by atoms with van der Waals surface area (Å²) in [7, 11) is 2.32. The molecule has 0 aromatic rings. The van der Waals surface area contributed by atoms with Gasteiger partial charge in [-0.15, -0.1) is 0 Å². The highest BCUT2D eigenvalue weighted by molar-refractivity contribution is 4.96. The lowest BCUT2D eigenvalue weighted by atomic mass is 9.76. The molecule has 0 bridgehead atoms. The lowest BCUT2D eigenvalue weighted by Crippen LogP contribution is -2.52. The van der Waals surface area contributed by atoms with E-state index >= 15 is 0 Å². The first-order valence-corrected chi connectivity index (χ1v) is 8.29. The van der Waals surface area contributed by atoms with Crippen LogP contribution in [-0.4, -0.2) is 30.6 Å². The van der Waals surface area contributed by atoms with E-state index in [0.29, 0.717) is 11.0 Å². The summed E-state index contributed by atoms with van der Waals surface area (Å²) in [4.78, 5) is 2.62. The molecule has 2 rings (SSSR count). The van der Waals surface area contributed by atoms with Gasteiger partial charge in [-0.05, 0) is 62.8 Å². The van der Waals surface area contributed by atoms with Crippen molar-refractivity contribution in [2.75, 3.05) is 20.1 Å². The Balaban J connectivity index is 2.00. The summed E-state index contributed by atoms with van der Waals surface area (Å²) < 4.78 is 0. The van der Waals surface area contributed by atoms with Crippen LogP contribution in [0.4, 0.5) is 0 Å². The first-order chi connectivity index (χ1) is 8.87. The minimum Gasteiger partial charge on any atom is -0.329 e. The fourth-order valence-electron chi connectivity index (χ4n) is 3.88. The number of hydrogen-bond acceptors (Lipinski definition) is 2. The van der Waals surface area contributed by atoms with Crippen molar-refractivity contribution in [3.63, 3.8) is 0 Å². The third-order valence-corrected chi connectivity index (χ3v) is 5.80. The van der Waals surface area contributed by atoms with Crippen LogP contribution in [0.1, 0.15) is 65.7 Å². The van der Waals surface area contributed by atoms with Gasteiger partial charge in [0, 0.05) is 18.6 Å². The van der Waals surface area contributed by atoms with E-state index in [4.69, 9.17) is 5.73 Å². The molecule has 0 heterocycles. The van der Waals surface area contributed by atoms with Crippen LogP contribution in [0, 0.1) is 17.3 Å². The lowest BCUT2D eigenvalue weighted by molar-refractivity contribution is 0.0974. The Bertz CT molecular complexity index is 290. The average molecular weight is 266 g/mol. The van der Waals surface area contributed by atoms with Crippen molar-refractivity contribution in [1.82, 2.24) is 4.90 Å². The predicted octanol–water partition coefficient (Wildman–Crippen LogP) is 3.65. The highest BCUT2D eigenvalue weighted by Gasteiger charge is 2.39. The zero-order valence-corrected chi connectivity index (χ0v) is 13.5. The summed E-state index contributed by atoms with van der Waals surface area (Å²) in [6, 6.07) is 0. The largest absolute Gasteiger partial charge is 0.329 e. The van der Waals surface area contributed by atoms with Crippen LogP contribution in [0.3, 0.4) is 0 Å². The predicted molar refractivity (Wildman–Crippen MR) is 83.2 cm³/mol. The van der Waals surface area contributed by atoms with Crippen LogP contribution >= 0.6 is 0 Å². The average Bonchev–Trinajstić information content (AvgIpc) is 3.12. The van der Waals surface area contributed by atoms with Crippen molar-refractivity contribution < 1.29 is 0 Å². The van der Waals surface area contributed by atoms with Crippen molar-refractivity contribution in [1.29, 1.82) is 0 Å². The summed E-state index contributed by atoms with van der Waals surface area (Å²) in [5.74, 6) is 1.84. The molecule has 0 aliphatic heterocycles. The molecule has 2 aliphatic rings. The molecule has 0 aromatic heterocycles. The maximum Gasteiger partial charge on any atom is 0.0328 e. The fraction of sp³-hybridized carbons (Fsp3) is 1.00. The second-order valence-corrected chi connectivity index (χ2v) is 8.25. The molecule has 2 nitrogen and oxygen atoms in total. The molecule has 0 radical (unpaired) electrons. The van der Waals surface area contributed by atoms with Gasteiger partial charge >= 0.3 is 0 Å². The quantitative estimate of drug-likeness (QED) is 0.787. The third kappa shape index (κ3) is 3.72. The maximum absolute atomic E-state index is 6.22. The Labute approximate surface area is 120 Å². The van der Waals surface area contributed by atoms with Gasteiger partial charge in [0.05, 0.1) is 0 Å². The molecule has 2 atom stereocenters. The van der Waals surface area contributed by atoms with Crippen molar-refractivity contribution in [2.24, 2.45) is 23.0 Å². The topological polar surface area (TPSA) is 29.3 Å². The number of rotatable bonds is 4. The number of likely N-dealkylation sites (N-methyl/N-ethyl adjacent to an activating group) is 1. The first-order valence-electron chi connectivity index (χ1n) is 8.29. The molecule has 2 aliphatic carbocycles. The van der Waals surface area contributed by atoms with Crippen molar-refractivity contribution in [3.8, 4) is 0 Å². The SMILES string of the molecule is CN(CC1CC1)C1(CN)CCCC(C(C)(C)C)CC1. The Morgan fingerprint density at radius 2 is 1.79 bits per heavy atom. The van der Waals surface area contributed by atoms with Crippen LogP contribution in [-0.2, 0) is 0 Å². The summed E-state index contributed by atoms with van der Waals surface area (Å²) in [5.41, 5.74) is 6.97. The van der Waals surface area contributed by atoms with Crippen LogP contribution in [0.2, 0.25) is 0 Å². The normalized spacial score (nSPS) is 33.5. The summed E-state index contributed by atoms with van der Waals surface area (Å²) in [6.07, 6.45) is 9.59. The second kappa shape index (κ2) is 5.73. The molecule has 2 unspecified atom stereocenters. The molecule has 2 saturated carbocycles. The molecule has 0 saturated heterocycles. The number of nitrogens with two attached hydrogens (primary N) is 1. The highest BCUT2D eigenvalue weighted by Crippen LogP contribution is 2.42. The van der Waals surface area contributed by atoms with Crippen molar-refractivity contribution >= 4 is 0 Å². The Hall–Kier alpha value is -0.0800. The zero-order valence-electron chi connectivity index (χ0n) is 13.5.